The van der Waals surface area contributed by atoms with Crippen LogP contribution in [0.3, 0.4) is 0 Å². The second-order valence-electron chi connectivity index (χ2n) is 11.3. The summed E-state index contributed by atoms with van der Waals surface area (Å²) < 4.78 is 6.43. The molecular weight excluding hydrogens is 540 g/mol. The van der Waals surface area contributed by atoms with Gasteiger partial charge in [0, 0.05) is 46.5 Å². The molecule has 0 radical (unpaired) electrons. The zero-order valence-corrected chi connectivity index (χ0v) is 24.3. The number of pyridine rings is 1. The zero-order valence-electron chi connectivity index (χ0n) is 23.5. The molecule has 41 heavy (non-hydrogen) atoms. The number of nitrogen functional groups attached to an aromatic ring is 1. The van der Waals surface area contributed by atoms with Crippen LogP contribution in [0, 0.1) is 12.8 Å². The highest BCUT2D eigenvalue weighted by atomic mass is 32.1. The van der Waals surface area contributed by atoms with Crippen molar-refractivity contribution in [3.8, 4) is 5.88 Å². The number of carbonyl (C=O) groups excluding carboxylic acids is 3. The van der Waals surface area contributed by atoms with Crippen LogP contribution >= 0.6 is 11.3 Å². The minimum atomic E-state index is -1.59. The first kappa shape index (κ1) is 28.7. The van der Waals surface area contributed by atoms with Gasteiger partial charge in [0.2, 0.25) is 11.8 Å². The van der Waals surface area contributed by atoms with Crippen molar-refractivity contribution in [1.82, 2.24) is 15.6 Å². The van der Waals surface area contributed by atoms with E-state index in [1.54, 1.807) is 24.4 Å². The molecule has 4 atom stereocenters. The number of thiophene rings is 1. The Kier molecular flexibility index (Phi) is 7.62. The summed E-state index contributed by atoms with van der Waals surface area (Å²) in [6.45, 7) is 9.95. The summed E-state index contributed by atoms with van der Waals surface area (Å²) in [6.07, 6.45) is 4.85. The lowest BCUT2D eigenvalue weighted by molar-refractivity contribution is -0.124. The summed E-state index contributed by atoms with van der Waals surface area (Å²) in [4.78, 5) is 44.1. The number of aromatic nitrogens is 1. The number of hydrogen-bond donors (Lipinski definition) is 5. The Bertz CT molecular complexity index is 1570. The van der Waals surface area contributed by atoms with Gasteiger partial charge in [-0.15, -0.1) is 11.3 Å². The number of hydrogen-bond acceptors (Lipinski definition) is 9. The average molecular weight is 577 g/mol. The molecule has 0 saturated heterocycles. The fraction of sp³-hybridized carbons (Fsp3) is 0.400. The van der Waals surface area contributed by atoms with Crippen molar-refractivity contribution >= 4 is 44.7 Å². The number of carbonyl (C=O) groups is 3. The summed E-state index contributed by atoms with van der Waals surface area (Å²) in [5.41, 5.74) is 21.1. The zero-order chi connectivity index (χ0) is 29.6. The van der Waals surface area contributed by atoms with E-state index < -0.39 is 17.4 Å². The minimum Gasteiger partial charge on any atom is -0.477 e. The predicted molar refractivity (Wildman–Crippen MR) is 160 cm³/mol. The normalized spacial score (nSPS) is 23.6. The molecule has 11 heteroatoms. The Balaban J connectivity index is 1.52. The number of nitrogens with one attached hydrogen (secondary N) is 2. The number of anilines is 1. The van der Waals surface area contributed by atoms with Gasteiger partial charge >= 0.3 is 0 Å². The van der Waals surface area contributed by atoms with Crippen molar-refractivity contribution < 1.29 is 19.1 Å². The topological polar surface area (TPSA) is 175 Å². The third kappa shape index (κ3) is 4.98. The fourth-order valence-electron chi connectivity index (χ4n) is 5.86. The van der Waals surface area contributed by atoms with Gasteiger partial charge < -0.3 is 32.6 Å². The molecule has 0 bridgehead atoms. The third-order valence-corrected chi connectivity index (χ3v) is 9.15. The first-order valence-corrected chi connectivity index (χ1v) is 14.5. The van der Waals surface area contributed by atoms with Gasteiger partial charge in [-0.05, 0) is 55.4 Å². The molecule has 0 spiro atoms. The van der Waals surface area contributed by atoms with E-state index in [9.17, 15) is 14.4 Å². The summed E-state index contributed by atoms with van der Waals surface area (Å²) in [7, 11) is 0. The Labute approximate surface area is 242 Å². The predicted octanol–water partition coefficient (Wildman–Crippen LogP) is 2.96. The Morgan fingerprint density at radius 3 is 2.61 bits per heavy atom. The van der Waals surface area contributed by atoms with Gasteiger partial charge in [-0.1, -0.05) is 26.5 Å². The van der Waals surface area contributed by atoms with Crippen LogP contribution in [0.1, 0.15) is 71.1 Å². The molecule has 1 aromatic carbocycles. The molecule has 0 aliphatic heterocycles. The van der Waals surface area contributed by atoms with Crippen molar-refractivity contribution in [2.24, 2.45) is 17.4 Å². The number of ether oxygens (including phenoxy) is 1. The molecule has 2 unspecified atom stereocenters. The van der Waals surface area contributed by atoms with Crippen LogP contribution in [0.15, 0.2) is 37.1 Å². The number of amides is 2. The van der Waals surface area contributed by atoms with Gasteiger partial charge in [-0.3, -0.25) is 14.4 Å². The van der Waals surface area contributed by atoms with Crippen molar-refractivity contribution in [1.29, 1.82) is 0 Å². The SMILES string of the molecule is C=CC(=O)N[C@H]1CC[C@@H](NC(=O)c2sc3c(N)ccc4c3c2C(N)C(=O)C4(N)c2cnc(OCC(C)C)cc2C)C1. The lowest BCUT2D eigenvalue weighted by Gasteiger charge is -2.37. The van der Waals surface area contributed by atoms with Crippen molar-refractivity contribution in [2.75, 3.05) is 12.3 Å². The molecule has 1 saturated carbocycles. The smallest absolute Gasteiger partial charge is 0.261 e. The van der Waals surface area contributed by atoms with Crippen LogP contribution in [-0.2, 0) is 15.1 Å². The molecule has 3 aromatic rings. The highest BCUT2D eigenvalue weighted by Gasteiger charge is 2.49. The number of nitrogens with zero attached hydrogens (tertiary/aromatic N) is 1. The molecule has 2 heterocycles. The van der Waals surface area contributed by atoms with Crippen LogP contribution in [0.2, 0.25) is 0 Å². The van der Waals surface area contributed by atoms with Crippen LogP contribution in [0.25, 0.3) is 10.1 Å². The maximum absolute atomic E-state index is 14.1. The quantitative estimate of drug-likeness (QED) is 0.201. The maximum Gasteiger partial charge on any atom is 0.261 e. The Hall–Kier alpha value is -3.80. The fourth-order valence-corrected chi connectivity index (χ4v) is 7.06. The number of Topliss-reactive ketones (excluding diaryl/α,β-unsaturated/α-hetero) is 1. The molecule has 8 N–H and O–H groups in total. The molecule has 216 valence electrons. The van der Waals surface area contributed by atoms with Gasteiger partial charge in [-0.2, -0.15) is 0 Å². The Morgan fingerprint density at radius 2 is 1.95 bits per heavy atom. The molecule has 2 aliphatic rings. The molecule has 10 nitrogen and oxygen atoms in total. The number of rotatable bonds is 8. The van der Waals surface area contributed by atoms with Crippen molar-refractivity contribution in [2.45, 2.75) is 63.7 Å². The molecule has 2 amide bonds. The summed E-state index contributed by atoms with van der Waals surface area (Å²) >= 11 is 1.21. The summed E-state index contributed by atoms with van der Waals surface area (Å²) in [5.74, 6) is -0.221. The van der Waals surface area contributed by atoms with E-state index in [4.69, 9.17) is 21.9 Å². The Morgan fingerprint density at radius 1 is 1.24 bits per heavy atom. The highest BCUT2D eigenvalue weighted by Crippen LogP contribution is 2.50. The van der Waals surface area contributed by atoms with Gasteiger partial charge in [0.25, 0.3) is 5.91 Å². The van der Waals surface area contributed by atoms with Crippen LogP contribution < -0.4 is 32.6 Å². The van der Waals surface area contributed by atoms with Crippen LogP contribution in [0.4, 0.5) is 5.69 Å². The van der Waals surface area contributed by atoms with Gasteiger partial charge in [-0.25, -0.2) is 4.98 Å². The second kappa shape index (κ2) is 10.9. The molecule has 1 fully saturated rings. The van der Waals surface area contributed by atoms with E-state index in [-0.39, 0.29) is 23.9 Å². The molecule has 2 aliphatic carbocycles. The second-order valence-corrected chi connectivity index (χ2v) is 12.4. The van der Waals surface area contributed by atoms with E-state index in [0.717, 1.165) is 12.0 Å². The van der Waals surface area contributed by atoms with Crippen molar-refractivity contribution in [3.05, 3.63) is 64.2 Å². The summed E-state index contributed by atoms with van der Waals surface area (Å²) in [5, 5.41) is 6.59. The van der Waals surface area contributed by atoms with Gasteiger partial charge in [0.05, 0.1) is 22.2 Å². The maximum atomic E-state index is 14.1. The summed E-state index contributed by atoms with van der Waals surface area (Å²) in [6, 6.07) is 3.89. The minimum absolute atomic E-state index is 0.0467. The van der Waals surface area contributed by atoms with E-state index in [1.807, 2.05) is 20.8 Å². The lowest BCUT2D eigenvalue weighted by Crippen LogP contribution is -2.53. The number of aryl methyl sites for hydroxylation is 1. The largest absolute Gasteiger partial charge is 0.477 e. The van der Waals surface area contributed by atoms with Gasteiger partial charge in [0.1, 0.15) is 5.54 Å². The van der Waals surface area contributed by atoms with E-state index in [2.05, 4.69) is 22.2 Å². The van der Waals surface area contributed by atoms with E-state index >= 15 is 0 Å². The monoisotopic (exact) mass is 576 g/mol. The molecular formula is C30H36N6O4S. The van der Waals surface area contributed by atoms with Crippen LogP contribution in [-0.4, -0.2) is 41.3 Å². The van der Waals surface area contributed by atoms with E-state index in [1.165, 1.54) is 17.4 Å². The first-order chi connectivity index (χ1) is 19.4. The van der Waals surface area contributed by atoms with Crippen LogP contribution in [0.5, 0.6) is 5.88 Å². The standard InChI is InChI=1S/C30H36N6O4S/c1-5-21(37)35-16-6-7-17(11-16)36-29(39)27-24-23-18(8-9-20(31)26(23)41-27)30(33,28(38)25(24)32)19-12-34-22(10-15(19)4)40-13-14(2)3/h5,8-10,12,14,16-17,25H,1,6-7,11,13,31-33H2,2-4H3,(H,35,37)(H,36,39)/t16-,17+,25?,30?/m0/s1. The number of ketones is 1. The van der Waals surface area contributed by atoms with Gasteiger partial charge in [0.15, 0.2) is 5.78 Å². The molecule has 2 aromatic heterocycles. The average Bonchev–Trinajstić information content (AvgIpc) is 3.55. The highest BCUT2D eigenvalue weighted by molar-refractivity contribution is 7.21. The van der Waals surface area contributed by atoms with E-state index in [0.29, 0.717) is 68.6 Å². The number of nitrogens with two attached hydrogens (primary N) is 3. The number of benzene rings is 1. The lowest BCUT2D eigenvalue weighted by atomic mass is 9.70. The van der Waals surface area contributed by atoms with Crippen molar-refractivity contribution in [3.63, 3.8) is 0 Å². The third-order valence-electron chi connectivity index (χ3n) is 7.89. The molecule has 5 rings (SSSR count). The first-order valence-electron chi connectivity index (χ1n) is 13.7.